The van der Waals surface area contributed by atoms with E-state index in [1.807, 2.05) is 26.8 Å². The smallest absolute Gasteiger partial charge is 0.374 e. The predicted molar refractivity (Wildman–Crippen MR) is 286 cm³/mol. The highest BCUT2D eigenvalue weighted by Crippen LogP contribution is 2.38. The molecule has 1 aliphatic carbocycles. The van der Waals surface area contributed by atoms with Crippen LogP contribution in [0.5, 0.6) is 0 Å². The summed E-state index contributed by atoms with van der Waals surface area (Å²) in [5, 5.41) is 13.4. The molecule has 24 heteroatoms. The molecule has 1 saturated carbocycles. The number of halogens is 2. The Morgan fingerprint density at radius 1 is 0.703 bits per heavy atom. The first-order valence-electron chi connectivity index (χ1n) is 22.6. The van der Waals surface area contributed by atoms with Crippen LogP contribution in [0.2, 0.25) is 10.0 Å². The van der Waals surface area contributed by atoms with E-state index in [-0.39, 0.29) is 62.1 Å². The number of rotatable bonds is 15. The average molecular weight is 1110 g/mol. The van der Waals surface area contributed by atoms with Gasteiger partial charge in [0.15, 0.2) is 26.9 Å². The lowest BCUT2D eigenvalue weighted by Crippen LogP contribution is -2.25. The highest BCUT2D eigenvalue weighted by atomic mass is 35.5. The van der Waals surface area contributed by atoms with Gasteiger partial charge in [0.05, 0.1) is 51.1 Å². The molecule has 0 atom stereocenters. The second kappa shape index (κ2) is 24.6. The fourth-order valence-electron chi connectivity index (χ4n) is 6.70. The van der Waals surface area contributed by atoms with E-state index >= 15 is 0 Å². The number of furan rings is 4. The third kappa shape index (κ3) is 14.7. The molecule has 4 N–H and O–H groups in total. The van der Waals surface area contributed by atoms with Crippen LogP contribution in [0.25, 0.3) is 31.9 Å². The van der Waals surface area contributed by atoms with Crippen LogP contribution in [0, 0.1) is 26.7 Å². The molecule has 0 aliphatic heterocycles. The van der Waals surface area contributed by atoms with Crippen molar-refractivity contribution in [1.29, 1.82) is 0 Å². The maximum atomic E-state index is 12.5. The van der Waals surface area contributed by atoms with Crippen LogP contribution in [-0.2, 0) is 32.2 Å². The Kier molecular flexibility index (Phi) is 18.1. The molecular weight excluding hydrogens is 1060 g/mol. The van der Waals surface area contributed by atoms with E-state index < -0.39 is 5.97 Å². The van der Waals surface area contributed by atoms with Gasteiger partial charge in [-0.05, 0) is 113 Å². The topological polar surface area (TPSA) is 254 Å². The van der Waals surface area contributed by atoms with E-state index in [0.717, 1.165) is 44.4 Å². The van der Waals surface area contributed by atoms with E-state index in [1.165, 1.54) is 52.8 Å². The Morgan fingerprint density at radius 2 is 1.19 bits per heavy atom. The number of hydrogen-bond donors (Lipinski definition) is 4. The predicted octanol–water partition coefficient (Wildman–Crippen LogP) is 12.2. The van der Waals surface area contributed by atoms with E-state index in [9.17, 15) is 28.8 Å². The summed E-state index contributed by atoms with van der Waals surface area (Å²) in [6.07, 6.45) is 3.46. The summed E-state index contributed by atoms with van der Waals surface area (Å²) in [4.78, 5) is 87.2. The molecule has 0 bridgehead atoms. The number of amides is 5. The number of aryl methyl sites for hydroxylation is 3. The lowest BCUT2D eigenvalue weighted by atomic mass is 10.2. The van der Waals surface area contributed by atoms with Crippen LogP contribution in [0.15, 0.2) is 90.7 Å². The van der Waals surface area contributed by atoms with Crippen LogP contribution < -0.4 is 21.3 Å². The van der Waals surface area contributed by atoms with Crippen LogP contribution in [0.4, 0.5) is 15.4 Å². The monoisotopic (exact) mass is 1110 g/mol. The Morgan fingerprint density at radius 3 is 1.68 bits per heavy atom. The molecule has 0 radical (unpaired) electrons. The number of thiazole rings is 3. The number of aromatic nitrogens is 3. The van der Waals surface area contributed by atoms with Gasteiger partial charge in [-0.25, -0.2) is 19.7 Å². The van der Waals surface area contributed by atoms with E-state index in [0.29, 0.717) is 67.3 Å². The quantitative estimate of drug-likeness (QED) is 0.0697. The Labute approximate surface area is 448 Å². The molecule has 19 nitrogen and oxygen atoms in total. The van der Waals surface area contributed by atoms with Crippen molar-refractivity contribution in [3.8, 4) is 31.9 Å². The summed E-state index contributed by atoms with van der Waals surface area (Å²) < 4.78 is 27.0. The van der Waals surface area contributed by atoms with Crippen LogP contribution in [0.1, 0.15) is 96.5 Å². The van der Waals surface area contributed by atoms with Gasteiger partial charge in [-0.1, -0.05) is 57.2 Å². The molecule has 1 fully saturated rings. The SMILES string of the molecule is CC(=O)Nc1nc(C)c(-c2ccc(C(=O)N(C)Cc3ccco3)o2)s1.CC(=O)Nc1nc(C)c(-c2ccc(C(=O)NCc3cc(Cl)cc(Cl)c3)o2)s1.CCOC(=O)c1ccc(-c2sc(NC(=O)C3CC3)nc2C)o1.[HH].[HH]. The lowest BCUT2D eigenvalue weighted by Gasteiger charge is -2.13. The molecule has 0 saturated heterocycles. The minimum absolute atomic E-state index is 0. The number of hydrogen-bond acceptors (Lipinski definition) is 17. The first kappa shape index (κ1) is 54.4. The second-order valence-corrected chi connectivity index (χ2v) is 20.2. The number of benzene rings is 1. The molecule has 7 aromatic heterocycles. The van der Waals surface area contributed by atoms with Crippen molar-refractivity contribution in [2.24, 2.45) is 5.92 Å². The van der Waals surface area contributed by atoms with E-state index in [2.05, 4.69) is 36.2 Å². The summed E-state index contributed by atoms with van der Waals surface area (Å²) in [6.45, 7) is 11.0. The molecule has 0 unspecified atom stereocenters. The maximum absolute atomic E-state index is 12.5. The van der Waals surface area contributed by atoms with Gasteiger partial charge in [-0.15, -0.1) is 0 Å². The molecule has 7 heterocycles. The molecule has 0 spiro atoms. The third-order valence-electron chi connectivity index (χ3n) is 10.2. The van der Waals surface area contributed by atoms with Gasteiger partial charge in [0.2, 0.25) is 23.5 Å². The van der Waals surface area contributed by atoms with Gasteiger partial charge >= 0.3 is 5.97 Å². The zero-order chi connectivity index (χ0) is 53.2. The van der Waals surface area contributed by atoms with Crippen molar-refractivity contribution in [3.05, 3.63) is 129 Å². The summed E-state index contributed by atoms with van der Waals surface area (Å²) in [7, 11) is 1.68. The van der Waals surface area contributed by atoms with Crippen molar-refractivity contribution in [2.45, 2.75) is 67.5 Å². The third-order valence-corrected chi connectivity index (χ3v) is 13.9. The fraction of sp³-hybridized carbons (Fsp3) is 0.260. The summed E-state index contributed by atoms with van der Waals surface area (Å²) in [5.41, 5.74) is 2.97. The minimum Gasteiger partial charge on any atom is -0.467 e. The maximum Gasteiger partial charge on any atom is 0.374 e. The largest absolute Gasteiger partial charge is 0.467 e. The first-order valence-corrected chi connectivity index (χ1v) is 25.8. The first-order chi connectivity index (χ1) is 35.3. The number of esters is 1. The number of nitrogens with zero attached hydrogens (tertiary/aromatic N) is 4. The Bertz CT molecular complexity index is 3300. The second-order valence-electron chi connectivity index (χ2n) is 16.3. The van der Waals surface area contributed by atoms with Gasteiger partial charge < -0.3 is 48.6 Å². The molecule has 390 valence electrons. The van der Waals surface area contributed by atoms with Crippen molar-refractivity contribution < 1.29 is 54.0 Å². The van der Waals surface area contributed by atoms with Crippen molar-refractivity contribution in [2.75, 3.05) is 29.6 Å². The highest BCUT2D eigenvalue weighted by molar-refractivity contribution is 7.19. The van der Waals surface area contributed by atoms with Crippen LogP contribution in [-0.4, -0.2) is 69.0 Å². The number of nitrogens with one attached hydrogen (secondary N) is 4. The van der Waals surface area contributed by atoms with Crippen molar-refractivity contribution >= 4 is 108 Å². The van der Waals surface area contributed by atoms with E-state index in [1.54, 1.807) is 80.9 Å². The number of ether oxygens (including phenoxy) is 1. The molecule has 1 aliphatic rings. The van der Waals surface area contributed by atoms with E-state index in [4.69, 9.17) is 45.6 Å². The highest BCUT2D eigenvalue weighted by Gasteiger charge is 2.30. The number of carbonyl (C=O) groups excluding carboxylic acids is 6. The fourth-order valence-corrected chi connectivity index (χ4v) is 10.1. The summed E-state index contributed by atoms with van der Waals surface area (Å²) in [5.74, 6) is 1.54. The van der Waals surface area contributed by atoms with Gasteiger partial charge in [0.25, 0.3) is 11.8 Å². The van der Waals surface area contributed by atoms with Crippen LogP contribution >= 0.6 is 57.2 Å². The number of anilines is 3. The summed E-state index contributed by atoms with van der Waals surface area (Å²) in [6, 6.07) is 18.6. The van der Waals surface area contributed by atoms with Gasteiger partial charge in [-0.3, -0.25) is 24.0 Å². The Hall–Kier alpha value is -7.37. The van der Waals surface area contributed by atoms with Gasteiger partial charge in [0.1, 0.15) is 23.0 Å². The van der Waals surface area contributed by atoms with Gasteiger partial charge in [-0.2, -0.15) is 0 Å². The molecule has 5 amide bonds. The lowest BCUT2D eigenvalue weighted by molar-refractivity contribution is -0.117. The molecule has 1 aromatic carbocycles. The zero-order valence-electron chi connectivity index (χ0n) is 40.8. The van der Waals surface area contributed by atoms with Gasteiger partial charge in [0, 0.05) is 46.3 Å². The van der Waals surface area contributed by atoms with Crippen molar-refractivity contribution in [3.63, 3.8) is 0 Å². The number of carbonyl (C=O) groups is 6. The molecule has 9 rings (SSSR count). The normalized spacial score (nSPS) is 11.6. The zero-order valence-corrected chi connectivity index (χ0v) is 44.8. The molecule has 74 heavy (non-hydrogen) atoms. The Balaban J connectivity index is 0.000000209. The minimum atomic E-state index is -0.488. The average Bonchev–Trinajstić information content (AvgIpc) is 4.10. The molecular formula is C50H52Cl2N8O11S3. The van der Waals surface area contributed by atoms with Crippen LogP contribution in [0.3, 0.4) is 0 Å². The summed E-state index contributed by atoms with van der Waals surface area (Å²) >= 11 is 15.8. The van der Waals surface area contributed by atoms with Crippen molar-refractivity contribution in [1.82, 2.24) is 25.2 Å². The standard InChI is InChI=1S/C18H15Cl2N3O3S.C17H17N3O4S.C15H16N2O4S.2H2/c1-9-16(27-18(22-9)23-10(2)24)14-3-4-15(26-14)17(25)21-8-11-5-12(19)7-13(20)6-11;1-10-15(25-17(18-10)19-11(2)21)13-6-7-14(24-13)16(22)20(3)9-12-5-4-8-23-12;1-3-20-14(19)11-7-6-10(21-11)12-8(2)16-15(22-12)17-13(18)9-4-5-9;;/h3-7H,8H2,1-2H3,(H,21,25)(H,22,23,24);4-8H,9H2,1-3H3,(H,18,19,21);6-7,9H,3-5H2,1-2H3,(H,16,17,18);2*1H. The molecule has 8 aromatic rings.